The van der Waals surface area contributed by atoms with Crippen LogP contribution in [-0.4, -0.2) is 17.1 Å². The van der Waals surface area contributed by atoms with Crippen molar-refractivity contribution in [1.82, 2.24) is 4.57 Å². The number of ether oxygens (including phenoxy) is 1. The largest absolute Gasteiger partial charge is 0.494 e. The van der Waals surface area contributed by atoms with Gasteiger partial charge in [0.25, 0.3) is 5.91 Å². The molecule has 0 N–H and O–H groups in total. The Morgan fingerprint density at radius 1 is 1.21 bits per heavy atom. The summed E-state index contributed by atoms with van der Waals surface area (Å²) in [6.45, 7) is 5.27. The molecule has 0 spiro atoms. The standard InChI is InChI=1S/C23H24N2O2S/c1-4-6-7-16-27-19-13-11-18(12-14-19)22(26)24-23-25(15-5-2)21-17(3)9-8-10-20(21)28-23/h2,8-14H,4,6-7,15-16H2,1,3H3. The van der Waals surface area contributed by atoms with Crippen LogP contribution in [0.4, 0.5) is 0 Å². The van der Waals surface area contributed by atoms with Crippen LogP contribution < -0.4 is 9.54 Å². The second-order valence-corrected chi connectivity index (χ2v) is 7.60. The van der Waals surface area contributed by atoms with Crippen LogP contribution in [0.2, 0.25) is 0 Å². The normalized spacial score (nSPS) is 11.5. The van der Waals surface area contributed by atoms with Gasteiger partial charge in [-0.15, -0.1) is 6.42 Å². The van der Waals surface area contributed by atoms with E-state index in [1.165, 1.54) is 11.3 Å². The Bertz CT molecular complexity index is 1070. The van der Waals surface area contributed by atoms with Crippen LogP contribution in [0.3, 0.4) is 0 Å². The van der Waals surface area contributed by atoms with E-state index in [1.54, 1.807) is 12.1 Å². The third-order valence-electron chi connectivity index (χ3n) is 4.47. The highest BCUT2D eigenvalue weighted by atomic mass is 32.1. The molecule has 3 rings (SSSR count). The number of aryl methyl sites for hydroxylation is 1. The molecule has 0 bridgehead atoms. The first-order valence-electron chi connectivity index (χ1n) is 9.48. The summed E-state index contributed by atoms with van der Waals surface area (Å²) in [4.78, 5) is 17.6. The Balaban J connectivity index is 1.85. The molecule has 2 aromatic carbocycles. The average Bonchev–Trinajstić information content (AvgIpc) is 3.04. The summed E-state index contributed by atoms with van der Waals surface area (Å²) in [5.41, 5.74) is 2.68. The van der Waals surface area contributed by atoms with E-state index in [2.05, 4.69) is 17.8 Å². The highest BCUT2D eigenvalue weighted by molar-refractivity contribution is 7.16. The quantitative estimate of drug-likeness (QED) is 0.422. The average molecular weight is 393 g/mol. The Labute approximate surface area is 169 Å². The summed E-state index contributed by atoms with van der Waals surface area (Å²) in [6, 6.07) is 13.2. The van der Waals surface area contributed by atoms with Gasteiger partial charge in [0.1, 0.15) is 5.75 Å². The number of fused-ring (bicyclic) bond motifs is 1. The van der Waals surface area contributed by atoms with Crippen molar-refractivity contribution in [2.45, 2.75) is 39.7 Å². The highest BCUT2D eigenvalue weighted by Gasteiger charge is 2.10. The molecule has 0 radical (unpaired) electrons. The predicted molar refractivity (Wildman–Crippen MR) is 115 cm³/mol. The molecular formula is C23H24N2O2S. The first-order valence-corrected chi connectivity index (χ1v) is 10.3. The van der Waals surface area contributed by atoms with Gasteiger partial charge in [0, 0.05) is 5.56 Å². The smallest absolute Gasteiger partial charge is 0.279 e. The van der Waals surface area contributed by atoms with Crippen LogP contribution in [0.5, 0.6) is 5.75 Å². The Kier molecular flexibility index (Phi) is 6.67. The van der Waals surface area contributed by atoms with Crippen LogP contribution in [0.1, 0.15) is 42.1 Å². The fourth-order valence-electron chi connectivity index (χ4n) is 3.02. The number of benzene rings is 2. The molecule has 0 aliphatic rings. The van der Waals surface area contributed by atoms with Gasteiger partial charge >= 0.3 is 0 Å². The van der Waals surface area contributed by atoms with E-state index in [-0.39, 0.29) is 5.91 Å². The Hall–Kier alpha value is -2.84. The van der Waals surface area contributed by atoms with Crippen LogP contribution in [0, 0.1) is 19.3 Å². The van der Waals surface area contributed by atoms with E-state index < -0.39 is 0 Å². The maximum atomic E-state index is 12.7. The number of unbranched alkanes of at least 4 members (excludes halogenated alkanes) is 2. The van der Waals surface area contributed by atoms with Crippen LogP contribution >= 0.6 is 11.3 Å². The molecule has 0 atom stereocenters. The number of thiazole rings is 1. The third-order valence-corrected chi connectivity index (χ3v) is 5.51. The van der Waals surface area contributed by atoms with E-state index >= 15 is 0 Å². The van der Waals surface area contributed by atoms with Gasteiger partial charge in [0.2, 0.25) is 0 Å². The van der Waals surface area contributed by atoms with Crippen molar-refractivity contribution in [1.29, 1.82) is 0 Å². The van der Waals surface area contributed by atoms with Crippen molar-refractivity contribution < 1.29 is 9.53 Å². The van der Waals surface area contributed by atoms with Gasteiger partial charge in [-0.25, -0.2) is 0 Å². The second-order valence-electron chi connectivity index (χ2n) is 6.59. The Morgan fingerprint density at radius 2 is 2.00 bits per heavy atom. The minimum Gasteiger partial charge on any atom is -0.494 e. The first-order chi connectivity index (χ1) is 13.6. The lowest BCUT2D eigenvalue weighted by Gasteiger charge is -2.06. The maximum absolute atomic E-state index is 12.7. The number of terminal acetylenes is 1. The van der Waals surface area contributed by atoms with E-state index in [4.69, 9.17) is 11.2 Å². The highest BCUT2D eigenvalue weighted by Crippen LogP contribution is 2.21. The van der Waals surface area contributed by atoms with Crippen molar-refractivity contribution in [2.75, 3.05) is 6.61 Å². The molecule has 1 heterocycles. The number of nitrogens with zero attached hydrogens (tertiary/aromatic N) is 2. The van der Waals surface area contributed by atoms with Crippen molar-refractivity contribution in [3.05, 3.63) is 58.4 Å². The van der Waals surface area contributed by atoms with E-state index in [0.29, 0.717) is 23.5 Å². The minimum atomic E-state index is -0.285. The zero-order valence-electron chi connectivity index (χ0n) is 16.3. The zero-order chi connectivity index (χ0) is 19.9. The number of aromatic nitrogens is 1. The molecule has 0 unspecified atom stereocenters. The fourth-order valence-corrected chi connectivity index (χ4v) is 4.12. The van der Waals surface area contributed by atoms with Crippen molar-refractivity contribution >= 4 is 27.5 Å². The minimum absolute atomic E-state index is 0.285. The number of rotatable bonds is 7. The molecule has 0 fully saturated rings. The lowest BCUT2D eigenvalue weighted by atomic mass is 10.2. The molecule has 1 aromatic heterocycles. The summed E-state index contributed by atoms with van der Waals surface area (Å²) in [5, 5.41) is 0. The molecule has 1 amide bonds. The number of para-hydroxylation sites is 1. The molecule has 0 saturated heterocycles. The van der Waals surface area contributed by atoms with E-state index in [1.807, 2.05) is 41.8 Å². The number of hydrogen-bond donors (Lipinski definition) is 0. The van der Waals surface area contributed by atoms with Gasteiger partial charge in [0.05, 0.1) is 23.4 Å². The van der Waals surface area contributed by atoms with Crippen molar-refractivity contribution in [3.8, 4) is 18.1 Å². The molecule has 5 heteroatoms. The predicted octanol–water partition coefficient (Wildman–Crippen LogP) is 4.95. The summed E-state index contributed by atoms with van der Waals surface area (Å²) < 4.78 is 8.70. The molecule has 144 valence electrons. The number of carbonyl (C=O) groups is 1. The molecule has 0 aliphatic carbocycles. The Morgan fingerprint density at radius 3 is 2.71 bits per heavy atom. The molecule has 0 saturated carbocycles. The molecule has 3 aromatic rings. The van der Waals surface area contributed by atoms with Gasteiger partial charge in [0.15, 0.2) is 4.80 Å². The molecule has 0 aliphatic heterocycles. The third kappa shape index (κ3) is 4.52. The van der Waals surface area contributed by atoms with Crippen LogP contribution in [-0.2, 0) is 6.54 Å². The van der Waals surface area contributed by atoms with Gasteiger partial charge < -0.3 is 9.30 Å². The lowest BCUT2D eigenvalue weighted by Crippen LogP contribution is -2.16. The zero-order valence-corrected chi connectivity index (χ0v) is 17.1. The number of carbonyl (C=O) groups excluding carboxylic acids is 1. The maximum Gasteiger partial charge on any atom is 0.279 e. The summed E-state index contributed by atoms with van der Waals surface area (Å²) >= 11 is 1.48. The van der Waals surface area contributed by atoms with Crippen molar-refractivity contribution in [3.63, 3.8) is 0 Å². The SMILES string of the molecule is C#CCn1c(=NC(=O)c2ccc(OCCCCC)cc2)sc2cccc(C)c21. The van der Waals surface area contributed by atoms with Gasteiger partial charge in [-0.2, -0.15) is 4.99 Å². The van der Waals surface area contributed by atoms with Gasteiger partial charge in [-0.05, 0) is 49.2 Å². The number of amides is 1. The lowest BCUT2D eigenvalue weighted by molar-refractivity contribution is 0.0998. The number of hydrogen-bond acceptors (Lipinski definition) is 3. The van der Waals surface area contributed by atoms with E-state index in [9.17, 15) is 4.79 Å². The van der Waals surface area contributed by atoms with Crippen molar-refractivity contribution in [2.24, 2.45) is 4.99 Å². The van der Waals surface area contributed by atoms with Crippen LogP contribution in [0.25, 0.3) is 10.2 Å². The second kappa shape index (κ2) is 9.38. The first kappa shape index (κ1) is 19.9. The van der Waals surface area contributed by atoms with Gasteiger partial charge in [-0.3, -0.25) is 4.79 Å². The summed E-state index contributed by atoms with van der Waals surface area (Å²) in [5.74, 6) is 3.15. The monoisotopic (exact) mass is 392 g/mol. The van der Waals surface area contributed by atoms with Crippen LogP contribution in [0.15, 0.2) is 47.5 Å². The summed E-state index contributed by atoms with van der Waals surface area (Å²) in [6.07, 6.45) is 8.89. The molecule has 28 heavy (non-hydrogen) atoms. The molecule has 4 nitrogen and oxygen atoms in total. The molecular weight excluding hydrogens is 368 g/mol. The van der Waals surface area contributed by atoms with E-state index in [0.717, 1.165) is 40.8 Å². The topological polar surface area (TPSA) is 43.6 Å². The summed E-state index contributed by atoms with van der Waals surface area (Å²) in [7, 11) is 0. The van der Waals surface area contributed by atoms with Gasteiger partial charge in [-0.1, -0.05) is 49.2 Å². The fraction of sp³-hybridized carbons (Fsp3) is 0.304.